The van der Waals surface area contributed by atoms with Crippen LogP contribution in [-0.4, -0.2) is 21.1 Å². The Bertz CT molecular complexity index is 892. The van der Waals surface area contributed by atoms with Crippen molar-refractivity contribution in [2.24, 2.45) is 5.16 Å². The number of nitrogens with zero attached hydrogens (tertiary/aromatic N) is 2. The number of aromatic hydroxyl groups is 1. The Hall–Kier alpha value is -2.75. The van der Waals surface area contributed by atoms with Crippen LogP contribution in [0.15, 0.2) is 41.6 Å². The van der Waals surface area contributed by atoms with Gasteiger partial charge in [0.05, 0.1) is 11.7 Å². The summed E-state index contributed by atoms with van der Waals surface area (Å²) in [5, 5.41) is 22.9. The lowest BCUT2D eigenvalue weighted by molar-refractivity contribution is 0.322. The molecule has 0 fully saturated rings. The van der Waals surface area contributed by atoms with E-state index in [1.54, 1.807) is 6.07 Å². The smallest absolute Gasteiger partial charge is 0.118 e. The van der Waals surface area contributed by atoms with Crippen LogP contribution in [-0.2, 0) is 0 Å². The minimum Gasteiger partial charge on any atom is -0.508 e. The Morgan fingerprint density at radius 3 is 2.50 bits per heavy atom. The van der Waals surface area contributed by atoms with Gasteiger partial charge in [-0.1, -0.05) is 16.8 Å². The predicted molar refractivity (Wildman–Crippen MR) is 88.5 cm³/mol. The third-order valence-corrected chi connectivity index (χ3v) is 4.03. The number of phenolic OH excluding ortho intramolecular Hbond substituents is 1. The van der Waals surface area contributed by atoms with Gasteiger partial charge < -0.3 is 14.9 Å². The highest BCUT2D eigenvalue weighted by Crippen LogP contribution is 2.30. The Labute approximate surface area is 128 Å². The molecular formula is C18H18N2O2. The van der Waals surface area contributed by atoms with Gasteiger partial charge in [0.25, 0.3) is 0 Å². The van der Waals surface area contributed by atoms with Crippen LogP contribution in [0, 0.1) is 20.8 Å². The minimum absolute atomic E-state index is 0.283. The summed E-state index contributed by atoms with van der Waals surface area (Å²) < 4.78 is 2.11. The molecule has 1 aromatic heterocycles. The summed E-state index contributed by atoms with van der Waals surface area (Å²) in [6.45, 7) is 5.91. The quantitative estimate of drug-likeness (QED) is 0.425. The molecule has 4 heteroatoms. The van der Waals surface area contributed by atoms with Gasteiger partial charge in [0.15, 0.2) is 0 Å². The van der Waals surface area contributed by atoms with Crippen LogP contribution in [0.5, 0.6) is 5.75 Å². The average molecular weight is 294 g/mol. The fraction of sp³-hybridized carbons (Fsp3) is 0.167. The molecule has 1 heterocycles. The highest BCUT2D eigenvalue weighted by atomic mass is 16.4. The van der Waals surface area contributed by atoms with E-state index < -0.39 is 0 Å². The fourth-order valence-electron chi connectivity index (χ4n) is 2.89. The lowest BCUT2D eigenvalue weighted by Gasteiger charge is -2.10. The molecule has 0 bridgehead atoms. The molecular weight excluding hydrogens is 276 g/mol. The molecule has 0 aliphatic carbocycles. The molecule has 0 saturated heterocycles. The maximum Gasteiger partial charge on any atom is 0.118 e. The number of hydrogen-bond acceptors (Lipinski definition) is 3. The van der Waals surface area contributed by atoms with Crippen LogP contribution in [0.1, 0.15) is 22.4 Å². The molecule has 2 aromatic carbocycles. The normalized spacial score (nSPS) is 11.6. The number of aromatic nitrogens is 1. The summed E-state index contributed by atoms with van der Waals surface area (Å²) in [6.07, 6.45) is 1.47. The summed E-state index contributed by atoms with van der Waals surface area (Å²) in [6, 6.07) is 11.7. The zero-order valence-electron chi connectivity index (χ0n) is 12.8. The first-order valence-electron chi connectivity index (χ1n) is 7.12. The number of oxime groups is 1. The van der Waals surface area contributed by atoms with Crippen molar-refractivity contribution in [3.63, 3.8) is 0 Å². The summed E-state index contributed by atoms with van der Waals surface area (Å²) >= 11 is 0. The van der Waals surface area contributed by atoms with Gasteiger partial charge in [-0.3, -0.25) is 0 Å². The van der Waals surface area contributed by atoms with Gasteiger partial charge >= 0.3 is 0 Å². The molecule has 2 N–H and O–H groups in total. The minimum atomic E-state index is 0.283. The summed E-state index contributed by atoms with van der Waals surface area (Å²) in [5.41, 5.74) is 5.88. The molecule has 3 rings (SSSR count). The zero-order chi connectivity index (χ0) is 15.9. The molecule has 0 saturated carbocycles. The Morgan fingerprint density at radius 1 is 1.05 bits per heavy atom. The maximum absolute atomic E-state index is 9.74. The maximum atomic E-state index is 9.74. The summed E-state index contributed by atoms with van der Waals surface area (Å²) in [7, 11) is 0. The Balaban J connectivity index is 2.38. The molecule has 4 nitrogen and oxygen atoms in total. The molecule has 22 heavy (non-hydrogen) atoms. The van der Waals surface area contributed by atoms with Crippen molar-refractivity contribution in [3.8, 4) is 11.4 Å². The largest absolute Gasteiger partial charge is 0.508 e. The first-order valence-corrected chi connectivity index (χ1v) is 7.12. The van der Waals surface area contributed by atoms with Crippen LogP contribution >= 0.6 is 0 Å². The molecule has 0 aliphatic heterocycles. The lowest BCUT2D eigenvalue weighted by atomic mass is 10.1. The van der Waals surface area contributed by atoms with E-state index in [0.717, 1.165) is 39.0 Å². The SMILES string of the molecule is Cc1ccc2c(c1)c(/C=N\O)c(C)n2-c1ccc(O)c(C)c1. The summed E-state index contributed by atoms with van der Waals surface area (Å²) in [4.78, 5) is 0. The molecule has 0 atom stereocenters. The van der Waals surface area contributed by atoms with Gasteiger partial charge in [-0.15, -0.1) is 0 Å². The molecule has 112 valence electrons. The van der Waals surface area contributed by atoms with Crippen LogP contribution in [0.4, 0.5) is 0 Å². The van der Waals surface area contributed by atoms with Crippen molar-refractivity contribution in [1.82, 2.24) is 4.57 Å². The van der Waals surface area contributed by atoms with Crippen LogP contribution < -0.4 is 0 Å². The molecule has 0 spiro atoms. The number of fused-ring (bicyclic) bond motifs is 1. The fourth-order valence-corrected chi connectivity index (χ4v) is 2.89. The second-order valence-corrected chi connectivity index (χ2v) is 5.57. The number of aryl methyl sites for hydroxylation is 2. The second kappa shape index (κ2) is 5.22. The average Bonchev–Trinajstić information content (AvgIpc) is 2.75. The van der Waals surface area contributed by atoms with Crippen LogP contribution in [0.25, 0.3) is 16.6 Å². The lowest BCUT2D eigenvalue weighted by Crippen LogP contribution is -1.98. The van der Waals surface area contributed by atoms with E-state index in [4.69, 9.17) is 5.21 Å². The number of hydrogen-bond donors (Lipinski definition) is 2. The summed E-state index contributed by atoms with van der Waals surface area (Å²) in [5.74, 6) is 0.283. The van der Waals surface area contributed by atoms with Crippen molar-refractivity contribution in [2.45, 2.75) is 20.8 Å². The number of rotatable bonds is 2. The van der Waals surface area contributed by atoms with E-state index in [1.165, 1.54) is 6.21 Å². The molecule has 0 aliphatic rings. The topological polar surface area (TPSA) is 57.8 Å². The number of benzene rings is 2. The monoisotopic (exact) mass is 294 g/mol. The van der Waals surface area contributed by atoms with Crippen molar-refractivity contribution >= 4 is 17.1 Å². The highest BCUT2D eigenvalue weighted by Gasteiger charge is 2.15. The van der Waals surface area contributed by atoms with Crippen LogP contribution in [0.3, 0.4) is 0 Å². The van der Waals surface area contributed by atoms with E-state index in [1.807, 2.05) is 32.9 Å². The zero-order valence-corrected chi connectivity index (χ0v) is 12.8. The Morgan fingerprint density at radius 2 is 1.82 bits per heavy atom. The Kier molecular flexibility index (Phi) is 3.37. The van der Waals surface area contributed by atoms with Gasteiger partial charge in [-0.05, 0) is 56.7 Å². The van der Waals surface area contributed by atoms with E-state index in [2.05, 4.69) is 27.9 Å². The van der Waals surface area contributed by atoms with Gasteiger partial charge in [0.1, 0.15) is 5.75 Å². The van der Waals surface area contributed by atoms with Gasteiger partial charge in [0.2, 0.25) is 0 Å². The van der Waals surface area contributed by atoms with Crippen molar-refractivity contribution < 1.29 is 10.3 Å². The third-order valence-electron chi connectivity index (χ3n) is 4.03. The van der Waals surface area contributed by atoms with Crippen molar-refractivity contribution in [2.75, 3.05) is 0 Å². The third kappa shape index (κ3) is 2.13. The number of phenols is 1. The van der Waals surface area contributed by atoms with E-state index in [-0.39, 0.29) is 5.75 Å². The van der Waals surface area contributed by atoms with E-state index in [0.29, 0.717) is 0 Å². The predicted octanol–water partition coefficient (Wildman–Crippen LogP) is 4.07. The van der Waals surface area contributed by atoms with E-state index >= 15 is 0 Å². The van der Waals surface area contributed by atoms with Crippen molar-refractivity contribution in [1.29, 1.82) is 0 Å². The second-order valence-electron chi connectivity index (χ2n) is 5.57. The molecule has 0 radical (unpaired) electrons. The van der Waals surface area contributed by atoms with Gasteiger partial charge in [-0.25, -0.2) is 0 Å². The van der Waals surface area contributed by atoms with Gasteiger partial charge in [-0.2, -0.15) is 0 Å². The highest BCUT2D eigenvalue weighted by molar-refractivity contribution is 6.02. The molecule has 0 amide bonds. The van der Waals surface area contributed by atoms with Crippen molar-refractivity contribution in [3.05, 3.63) is 58.8 Å². The standard InChI is InChI=1S/C18H18N2O2/c1-11-4-6-17-15(8-11)16(10-19-22)13(3)20(17)14-5-7-18(21)12(2)9-14/h4-10,21-22H,1-3H3/b19-10-. The first-order chi connectivity index (χ1) is 10.5. The van der Waals surface area contributed by atoms with E-state index in [9.17, 15) is 5.11 Å². The van der Waals surface area contributed by atoms with Gasteiger partial charge in [0, 0.05) is 22.3 Å². The molecule has 3 aromatic rings. The first kappa shape index (κ1) is 14.2. The molecule has 0 unspecified atom stereocenters. The van der Waals surface area contributed by atoms with Crippen LogP contribution in [0.2, 0.25) is 0 Å².